The minimum absolute atomic E-state index is 0.397. The van der Waals surface area contributed by atoms with Crippen molar-refractivity contribution in [3.63, 3.8) is 0 Å². The predicted molar refractivity (Wildman–Crippen MR) is 59.1 cm³/mol. The molecule has 0 amide bonds. The molecule has 3 nitrogen and oxygen atoms in total. The third-order valence-corrected chi connectivity index (χ3v) is 2.29. The minimum Gasteiger partial charge on any atom is -0.465 e. The molecule has 0 aromatic rings. The van der Waals surface area contributed by atoms with Gasteiger partial charge in [0.05, 0.1) is 12.7 Å². The number of esters is 1. The fourth-order valence-corrected chi connectivity index (χ4v) is 1.23. The zero-order valence-electron chi connectivity index (χ0n) is 9.79. The fourth-order valence-electron chi connectivity index (χ4n) is 1.23. The topological polar surface area (TPSA) is 50.1 Å². The molecule has 0 aromatic heterocycles. The molecule has 0 bridgehead atoms. The van der Waals surface area contributed by atoms with E-state index in [1.54, 1.807) is 6.92 Å². The average molecular weight is 211 g/mol. The number of nitrogens with zero attached hydrogens (tertiary/aromatic N) is 1. The van der Waals surface area contributed by atoms with Gasteiger partial charge in [0.15, 0.2) is 0 Å². The predicted octanol–water partition coefficient (Wildman–Crippen LogP) is 3.05. The zero-order chi connectivity index (χ0) is 11.5. The van der Waals surface area contributed by atoms with Crippen LogP contribution in [-0.4, -0.2) is 12.6 Å². The molecule has 0 saturated carbocycles. The summed E-state index contributed by atoms with van der Waals surface area (Å²) in [5, 5.41) is 8.45. The molecule has 0 aliphatic rings. The van der Waals surface area contributed by atoms with E-state index in [2.05, 4.69) is 6.92 Å². The third-order valence-electron chi connectivity index (χ3n) is 2.29. The molecule has 0 radical (unpaired) electrons. The molecular formula is C12H21NO2. The highest BCUT2D eigenvalue weighted by Gasteiger charge is 2.11. The van der Waals surface area contributed by atoms with Crippen LogP contribution in [0.5, 0.6) is 0 Å². The number of rotatable bonds is 8. The molecule has 0 aliphatic carbocycles. The second-order valence-electron chi connectivity index (χ2n) is 3.79. The van der Waals surface area contributed by atoms with E-state index in [1.165, 1.54) is 25.7 Å². The van der Waals surface area contributed by atoms with Crippen molar-refractivity contribution in [2.75, 3.05) is 6.61 Å². The number of hydrogen-bond donors (Lipinski definition) is 0. The Morgan fingerprint density at radius 1 is 1.27 bits per heavy atom. The van der Waals surface area contributed by atoms with E-state index < -0.39 is 11.9 Å². The molecule has 86 valence electrons. The maximum absolute atomic E-state index is 11.1. The van der Waals surface area contributed by atoms with E-state index in [0.29, 0.717) is 6.61 Å². The first-order valence-corrected chi connectivity index (χ1v) is 5.78. The Hall–Kier alpha value is -1.04. The number of ether oxygens (including phenoxy) is 1. The van der Waals surface area contributed by atoms with Crippen molar-refractivity contribution >= 4 is 5.97 Å². The average Bonchev–Trinajstić information content (AvgIpc) is 2.26. The molecule has 3 heteroatoms. The molecule has 15 heavy (non-hydrogen) atoms. The number of nitriles is 1. The Kier molecular flexibility index (Phi) is 8.85. The van der Waals surface area contributed by atoms with Crippen LogP contribution >= 0.6 is 0 Å². The van der Waals surface area contributed by atoms with Crippen LogP contribution in [0.3, 0.4) is 0 Å². The van der Waals surface area contributed by atoms with E-state index in [9.17, 15) is 4.79 Å². The van der Waals surface area contributed by atoms with Crippen LogP contribution in [0.25, 0.3) is 0 Å². The van der Waals surface area contributed by atoms with E-state index in [-0.39, 0.29) is 0 Å². The van der Waals surface area contributed by atoms with E-state index >= 15 is 0 Å². The van der Waals surface area contributed by atoms with Gasteiger partial charge in [-0.05, 0) is 13.3 Å². The van der Waals surface area contributed by atoms with Gasteiger partial charge >= 0.3 is 5.97 Å². The Morgan fingerprint density at radius 2 is 1.87 bits per heavy atom. The molecule has 0 aliphatic heterocycles. The van der Waals surface area contributed by atoms with Crippen molar-refractivity contribution in [3.8, 4) is 6.07 Å². The normalized spacial score (nSPS) is 11.8. The molecule has 1 unspecified atom stereocenters. The summed E-state index contributed by atoms with van der Waals surface area (Å²) < 4.78 is 4.94. The van der Waals surface area contributed by atoms with Crippen LogP contribution in [0.4, 0.5) is 0 Å². The summed E-state index contributed by atoms with van der Waals surface area (Å²) in [5.41, 5.74) is 0. The van der Waals surface area contributed by atoms with Crippen LogP contribution in [-0.2, 0) is 9.53 Å². The lowest BCUT2D eigenvalue weighted by Crippen LogP contribution is -2.13. The van der Waals surface area contributed by atoms with Crippen molar-refractivity contribution < 1.29 is 9.53 Å². The van der Waals surface area contributed by atoms with E-state index in [0.717, 1.165) is 12.8 Å². The second kappa shape index (κ2) is 9.51. The molecule has 0 heterocycles. The lowest BCUT2D eigenvalue weighted by molar-refractivity contribution is -0.146. The Morgan fingerprint density at radius 3 is 2.47 bits per heavy atom. The Bertz CT molecular complexity index is 208. The number of carbonyl (C=O) groups excluding carboxylic acids is 1. The lowest BCUT2D eigenvalue weighted by atomic mass is 10.1. The summed E-state index contributed by atoms with van der Waals surface area (Å²) in [4.78, 5) is 11.1. The van der Waals surface area contributed by atoms with Crippen molar-refractivity contribution in [1.82, 2.24) is 0 Å². The number of carbonyl (C=O) groups is 1. The van der Waals surface area contributed by atoms with Gasteiger partial charge in [0, 0.05) is 0 Å². The van der Waals surface area contributed by atoms with Gasteiger partial charge in [0.2, 0.25) is 0 Å². The summed E-state index contributed by atoms with van der Waals surface area (Å²) in [6.45, 7) is 4.20. The van der Waals surface area contributed by atoms with Gasteiger partial charge in [-0.25, -0.2) is 0 Å². The Balaban J connectivity index is 3.25. The fraction of sp³-hybridized carbons (Fsp3) is 0.833. The maximum Gasteiger partial charge on any atom is 0.323 e. The van der Waals surface area contributed by atoms with Crippen LogP contribution in [0, 0.1) is 17.2 Å². The Labute approximate surface area is 92.4 Å². The van der Waals surface area contributed by atoms with Crippen LogP contribution < -0.4 is 0 Å². The highest BCUT2D eigenvalue weighted by atomic mass is 16.5. The molecule has 0 rings (SSSR count). The summed E-state index contributed by atoms with van der Waals surface area (Å²) >= 11 is 0. The van der Waals surface area contributed by atoms with E-state index in [1.807, 2.05) is 6.07 Å². The van der Waals surface area contributed by atoms with Gasteiger partial charge < -0.3 is 4.74 Å². The maximum atomic E-state index is 11.1. The molecule has 1 atom stereocenters. The first kappa shape index (κ1) is 14.0. The largest absolute Gasteiger partial charge is 0.465 e. The van der Waals surface area contributed by atoms with Gasteiger partial charge in [-0.15, -0.1) is 0 Å². The summed E-state index contributed by atoms with van der Waals surface area (Å²) in [7, 11) is 0. The highest BCUT2D eigenvalue weighted by molar-refractivity contribution is 5.74. The SMILES string of the molecule is CCCCCCCCOC(=O)C(C)C#N. The summed E-state index contributed by atoms with van der Waals surface area (Å²) in [6.07, 6.45) is 7.01. The van der Waals surface area contributed by atoms with Crippen molar-refractivity contribution in [1.29, 1.82) is 5.26 Å². The number of unbranched alkanes of at least 4 members (excludes halogenated alkanes) is 5. The lowest BCUT2D eigenvalue weighted by Gasteiger charge is -2.05. The summed E-state index contributed by atoms with van der Waals surface area (Å²) in [6, 6.07) is 1.86. The first-order chi connectivity index (χ1) is 7.22. The molecule has 0 fully saturated rings. The van der Waals surface area contributed by atoms with Crippen LogP contribution in [0.1, 0.15) is 52.4 Å². The molecule has 0 spiro atoms. The van der Waals surface area contributed by atoms with Crippen molar-refractivity contribution in [2.24, 2.45) is 5.92 Å². The monoisotopic (exact) mass is 211 g/mol. The molecule has 0 aromatic carbocycles. The van der Waals surface area contributed by atoms with Crippen LogP contribution in [0.2, 0.25) is 0 Å². The van der Waals surface area contributed by atoms with E-state index in [4.69, 9.17) is 10.00 Å². The van der Waals surface area contributed by atoms with Crippen molar-refractivity contribution in [3.05, 3.63) is 0 Å². The first-order valence-electron chi connectivity index (χ1n) is 5.78. The van der Waals surface area contributed by atoms with Crippen molar-refractivity contribution in [2.45, 2.75) is 52.4 Å². The van der Waals surface area contributed by atoms with Gasteiger partial charge in [0.25, 0.3) is 0 Å². The highest BCUT2D eigenvalue weighted by Crippen LogP contribution is 2.05. The zero-order valence-corrected chi connectivity index (χ0v) is 9.79. The van der Waals surface area contributed by atoms with Gasteiger partial charge in [-0.1, -0.05) is 39.0 Å². The smallest absolute Gasteiger partial charge is 0.323 e. The quantitative estimate of drug-likeness (QED) is 0.458. The third kappa shape index (κ3) is 7.99. The van der Waals surface area contributed by atoms with Crippen LogP contribution in [0.15, 0.2) is 0 Å². The standard InChI is InChI=1S/C12H21NO2/c1-3-4-5-6-7-8-9-15-12(14)11(2)10-13/h11H,3-9H2,1-2H3. The molecule has 0 N–H and O–H groups in total. The summed E-state index contributed by atoms with van der Waals surface area (Å²) in [5.74, 6) is -1.03. The van der Waals surface area contributed by atoms with Gasteiger partial charge in [-0.2, -0.15) is 5.26 Å². The molecular weight excluding hydrogens is 190 g/mol. The molecule has 0 saturated heterocycles. The number of hydrogen-bond acceptors (Lipinski definition) is 3. The minimum atomic E-state index is -0.634. The van der Waals surface area contributed by atoms with Gasteiger partial charge in [0.1, 0.15) is 5.92 Å². The second-order valence-corrected chi connectivity index (χ2v) is 3.79. The van der Waals surface area contributed by atoms with Gasteiger partial charge in [-0.3, -0.25) is 4.79 Å².